The Bertz CT molecular complexity index is 542. The van der Waals surface area contributed by atoms with Crippen molar-refractivity contribution in [3.8, 4) is 0 Å². The molecule has 4 rings (SSSR count). The lowest BCUT2D eigenvalue weighted by atomic mass is 9.91. The summed E-state index contributed by atoms with van der Waals surface area (Å²) in [5.74, 6) is -0.267. The van der Waals surface area contributed by atoms with Crippen LogP contribution in [0.5, 0.6) is 0 Å². The molecule has 3 unspecified atom stereocenters. The van der Waals surface area contributed by atoms with Gasteiger partial charge in [0.2, 0.25) is 0 Å². The molecule has 3 atom stereocenters. The molecular formula is C14H12O2. The van der Waals surface area contributed by atoms with Gasteiger partial charge in [0.1, 0.15) is 0 Å². The molecule has 1 saturated carbocycles. The van der Waals surface area contributed by atoms with Crippen LogP contribution < -0.4 is 0 Å². The molecule has 0 spiro atoms. The minimum absolute atomic E-state index is 0.162. The average molecular weight is 212 g/mol. The number of hydrogen-bond acceptors (Lipinski definition) is 1. The molecule has 0 bridgehead atoms. The second-order valence-corrected chi connectivity index (χ2v) is 5.04. The third-order valence-electron chi connectivity index (χ3n) is 4.28. The van der Waals surface area contributed by atoms with Crippen LogP contribution in [0.1, 0.15) is 29.0 Å². The fourth-order valence-corrected chi connectivity index (χ4v) is 3.55. The van der Waals surface area contributed by atoms with Crippen molar-refractivity contribution in [3.63, 3.8) is 0 Å². The summed E-state index contributed by atoms with van der Waals surface area (Å²) in [6, 6.07) is 6.38. The van der Waals surface area contributed by atoms with Crippen molar-refractivity contribution in [2.24, 2.45) is 11.8 Å². The van der Waals surface area contributed by atoms with Crippen molar-refractivity contribution in [3.05, 3.63) is 41.0 Å². The van der Waals surface area contributed by atoms with Crippen LogP contribution in [0.3, 0.4) is 0 Å². The van der Waals surface area contributed by atoms with Gasteiger partial charge in [0.25, 0.3) is 0 Å². The van der Waals surface area contributed by atoms with Gasteiger partial charge < -0.3 is 5.11 Å². The molecule has 2 nitrogen and oxygen atoms in total. The summed E-state index contributed by atoms with van der Waals surface area (Å²) in [5, 5.41) is 9.15. The van der Waals surface area contributed by atoms with E-state index in [4.69, 9.17) is 5.11 Å². The number of allylic oxidation sites excluding steroid dienone is 2. The Morgan fingerprint density at radius 1 is 1.31 bits per heavy atom. The predicted molar refractivity (Wildman–Crippen MR) is 60.1 cm³/mol. The highest BCUT2D eigenvalue weighted by molar-refractivity contribution is 5.85. The largest absolute Gasteiger partial charge is 0.481 e. The Hall–Kier alpha value is -1.57. The lowest BCUT2D eigenvalue weighted by Gasteiger charge is -2.13. The lowest BCUT2D eigenvalue weighted by molar-refractivity contribution is -0.138. The molecule has 0 saturated heterocycles. The number of aryl methyl sites for hydroxylation is 1. The van der Waals surface area contributed by atoms with Crippen LogP contribution in [0.2, 0.25) is 0 Å². The van der Waals surface area contributed by atoms with Gasteiger partial charge in [-0.3, -0.25) is 4.79 Å². The molecule has 2 heteroatoms. The zero-order chi connectivity index (χ0) is 10.9. The monoisotopic (exact) mass is 212 g/mol. The number of aliphatic carboxylic acids is 1. The van der Waals surface area contributed by atoms with Crippen molar-refractivity contribution < 1.29 is 9.90 Å². The fraction of sp³-hybridized carbons (Fsp3) is 0.357. The molecule has 0 heterocycles. The number of rotatable bonds is 1. The number of carbonyl (C=O) groups is 1. The summed E-state index contributed by atoms with van der Waals surface area (Å²) in [4.78, 5) is 11.1. The van der Waals surface area contributed by atoms with Gasteiger partial charge in [-0.2, -0.15) is 0 Å². The van der Waals surface area contributed by atoms with E-state index in [2.05, 4.69) is 24.3 Å². The van der Waals surface area contributed by atoms with Crippen LogP contribution in [0.25, 0.3) is 5.57 Å². The summed E-state index contributed by atoms with van der Waals surface area (Å²) in [7, 11) is 0. The Morgan fingerprint density at radius 3 is 3.00 bits per heavy atom. The van der Waals surface area contributed by atoms with Crippen LogP contribution in [0, 0.1) is 11.8 Å². The number of benzene rings is 1. The average Bonchev–Trinajstić information content (AvgIpc) is 2.86. The van der Waals surface area contributed by atoms with E-state index in [-0.39, 0.29) is 17.8 Å². The van der Waals surface area contributed by atoms with Crippen LogP contribution in [0.4, 0.5) is 0 Å². The molecule has 3 aliphatic carbocycles. The van der Waals surface area contributed by atoms with Crippen molar-refractivity contribution in [2.45, 2.75) is 18.8 Å². The van der Waals surface area contributed by atoms with Crippen LogP contribution in [0.15, 0.2) is 24.3 Å². The quantitative estimate of drug-likeness (QED) is 0.776. The zero-order valence-electron chi connectivity index (χ0n) is 8.81. The number of fused-ring (bicyclic) bond motifs is 2. The molecule has 1 N–H and O–H groups in total. The van der Waals surface area contributed by atoms with Crippen molar-refractivity contribution in [2.75, 3.05) is 0 Å². The Balaban J connectivity index is 1.93. The minimum atomic E-state index is -0.635. The molecule has 0 radical (unpaired) electrons. The van der Waals surface area contributed by atoms with E-state index in [1.54, 1.807) is 0 Å². The van der Waals surface area contributed by atoms with E-state index >= 15 is 0 Å². The maximum absolute atomic E-state index is 11.1. The molecule has 16 heavy (non-hydrogen) atoms. The maximum atomic E-state index is 11.1. The van der Waals surface area contributed by atoms with Crippen LogP contribution in [-0.2, 0) is 11.2 Å². The first kappa shape index (κ1) is 8.57. The maximum Gasteiger partial charge on any atom is 0.307 e. The lowest BCUT2D eigenvalue weighted by Crippen LogP contribution is -2.00. The van der Waals surface area contributed by atoms with Crippen molar-refractivity contribution >= 4 is 11.5 Å². The standard InChI is InChI=1S/C14H12O2/c15-14(16)13-10-6-8-5-4-7-2-1-3-9(11(7)8)12(10)13/h1-3,6,10,12-13H,4-5H2,(H,15,16). The SMILES string of the molecule is O=C(O)C1C2C=C3CCc4cccc(c43)C21. The number of hydrogen-bond donors (Lipinski definition) is 1. The number of carboxylic acids is 1. The van der Waals surface area contributed by atoms with E-state index in [9.17, 15) is 4.79 Å². The van der Waals surface area contributed by atoms with Gasteiger partial charge in [-0.1, -0.05) is 24.3 Å². The van der Waals surface area contributed by atoms with E-state index < -0.39 is 5.97 Å². The van der Waals surface area contributed by atoms with Crippen LogP contribution >= 0.6 is 0 Å². The molecule has 1 aromatic carbocycles. The highest BCUT2D eigenvalue weighted by Crippen LogP contribution is 2.61. The molecule has 80 valence electrons. The Kier molecular flexibility index (Phi) is 1.37. The highest BCUT2D eigenvalue weighted by Gasteiger charge is 2.57. The smallest absolute Gasteiger partial charge is 0.307 e. The topological polar surface area (TPSA) is 37.3 Å². The molecule has 1 fully saturated rings. The number of carboxylic acid groups (broad SMARTS) is 1. The minimum Gasteiger partial charge on any atom is -0.481 e. The van der Waals surface area contributed by atoms with E-state index in [1.165, 1.54) is 22.3 Å². The molecule has 0 aromatic heterocycles. The van der Waals surface area contributed by atoms with Gasteiger partial charge in [0, 0.05) is 5.92 Å². The second-order valence-electron chi connectivity index (χ2n) is 5.04. The summed E-state index contributed by atoms with van der Waals surface area (Å²) >= 11 is 0. The molecule has 1 aromatic rings. The van der Waals surface area contributed by atoms with Gasteiger partial charge in [0.15, 0.2) is 0 Å². The van der Waals surface area contributed by atoms with Crippen molar-refractivity contribution in [1.29, 1.82) is 0 Å². The normalized spacial score (nSPS) is 32.8. The third-order valence-corrected chi connectivity index (χ3v) is 4.28. The summed E-state index contributed by atoms with van der Waals surface area (Å²) in [6.45, 7) is 0. The molecule has 0 aliphatic heterocycles. The second kappa shape index (κ2) is 2.57. The first-order valence-corrected chi connectivity index (χ1v) is 5.83. The molecule has 3 aliphatic rings. The summed E-state index contributed by atoms with van der Waals surface area (Å²) in [5.41, 5.74) is 5.49. The fourth-order valence-electron chi connectivity index (χ4n) is 3.55. The van der Waals surface area contributed by atoms with Gasteiger partial charge in [0.05, 0.1) is 5.92 Å². The third kappa shape index (κ3) is 0.861. The predicted octanol–water partition coefficient (Wildman–Crippen LogP) is 2.44. The summed E-state index contributed by atoms with van der Waals surface area (Å²) < 4.78 is 0. The van der Waals surface area contributed by atoms with Gasteiger partial charge >= 0.3 is 5.97 Å². The van der Waals surface area contributed by atoms with Crippen LogP contribution in [-0.4, -0.2) is 11.1 Å². The van der Waals surface area contributed by atoms with E-state index in [0.29, 0.717) is 0 Å². The van der Waals surface area contributed by atoms with Gasteiger partial charge in [-0.25, -0.2) is 0 Å². The first-order valence-electron chi connectivity index (χ1n) is 5.83. The zero-order valence-corrected chi connectivity index (χ0v) is 8.81. The molecule has 0 amide bonds. The summed E-state index contributed by atoms with van der Waals surface area (Å²) in [6.07, 6.45) is 4.45. The van der Waals surface area contributed by atoms with E-state index in [1.807, 2.05) is 0 Å². The Morgan fingerprint density at radius 2 is 2.19 bits per heavy atom. The van der Waals surface area contributed by atoms with Crippen molar-refractivity contribution in [1.82, 2.24) is 0 Å². The highest BCUT2D eigenvalue weighted by atomic mass is 16.4. The van der Waals surface area contributed by atoms with Gasteiger partial charge in [-0.05, 0) is 41.0 Å². The molecular weight excluding hydrogens is 200 g/mol. The Labute approximate surface area is 93.6 Å². The van der Waals surface area contributed by atoms with Gasteiger partial charge in [-0.15, -0.1) is 0 Å². The van der Waals surface area contributed by atoms with E-state index in [0.717, 1.165) is 12.8 Å². The first-order chi connectivity index (χ1) is 7.77.